The number of aromatic nitrogens is 2. The van der Waals surface area contributed by atoms with E-state index in [0.717, 1.165) is 51.3 Å². The summed E-state index contributed by atoms with van der Waals surface area (Å²) < 4.78 is 11.4. The highest BCUT2D eigenvalue weighted by Crippen LogP contribution is 2.34. The molecule has 0 bridgehead atoms. The molecule has 0 fully saturated rings. The molecular formula is C17H16N2O2S2. The van der Waals surface area contributed by atoms with Crippen molar-refractivity contribution in [1.82, 2.24) is 9.97 Å². The van der Waals surface area contributed by atoms with Crippen molar-refractivity contribution in [3.63, 3.8) is 0 Å². The lowest BCUT2D eigenvalue weighted by molar-refractivity contribution is 0.297. The monoisotopic (exact) mass is 344 g/mol. The zero-order chi connectivity index (χ0) is 15.6. The molecule has 0 unspecified atom stereocenters. The van der Waals surface area contributed by atoms with E-state index in [4.69, 9.17) is 14.5 Å². The first kappa shape index (κ1) is 14.7. The Hall–Kier alpha value is -1.92. The first-order chi connectivity index (χ1) is 11.3. The molecule has 1 aromatic carbocycles. The summed E-state index contributed by atoms with van der Waals surface area (Å²) in [4.78, 5) is 9.25. The van der Waals surface area contributed by atoms with Gasteiger partial charge in [0.25, 0.3) is 0 Å². The molecule has 4 nitrogen and oxygen atoms in total. The number of fused-ring (bicyclic) bond motifs is 1. The molecule has 0 N–H and O–H groups in total. The lowest BCUT2D eigenvalue weighted by Gasteiger charge is -2.08. The Morgan fingerprint density at radius 3 is 2.61 bits per heavy atom. The third-order valence-electron chi connectivity index (χ3n) is 3.56. The summed E-state index contributed by atoms with van der Waals surface area (Å²) in [5, 5.41) is 6.37. The van der Waals surface area contributed by atoms with E-state index in [9.17, 15) is 0 Å². The average molecular weight is 344 g/mol. The van der Waals surface area contributed by atoms with Gasteiger partial charge in [-0.1, -0.05) is 0 Å². The summed E-state index contributed by atoms with van der Waals surface area (Å²) >= 11 is 3.36. The van der Waals surface area contributed by atoms with Crippen LogP contribution >= 0.6 is 22.7 Å². The quantitative estimate of drug-likeness (QED) is 0.709. The van der Waals surface area contributed by atoms with Gasteiger partial charge in [-0.15, -0.1) is 22.7 Å². The van der Waals surface area contributed by atoms with Crippen LogP contribution in [0.15, 0.2) is 29.0 Å². The zero-order valence-electron chi connectivity index (χ0n) is 12.7. The number of rotatable bonds is 3. The molecule has 23 heavy (non-hydrogen) atoms. The highest BCUT2D eigenvalue weighted by atomic mass is 32.1. The minimum atomic E-state index is 0.697. The molecule has 0 spiro atoms. The number of hydrogen-bond donors (Lipinski definition) is 0. The van der Waals surface area contributed by atoms with Crippen LogP contribution in [-0.4, -0.2) is 23.2 Å². The van der Waals surface area contributed by atoms with Gasteiger partial charge in [0, 0.05) is 28.4 Å². The van der Waals surface area contributed by atoms with Crippen LogP contribution in [0.25, 0.3) is 11.3 Å². The van der Waals surface area contributed by atoms with Crippen molar-refractivity contribution < 1.29 is 9.47 Å². The van der Waals surface area contributed by atoms with E-state index >= 15 is 0 Å². The van der Waals surface area contributed by atoms with E-state index in [2.05, 4.69) is 15.7 Å². The van der Waals surface area contributed by atoms with Crippen molar-refractivity contribution in [1.29, 1.82) is 0 Å². The third kappa shape index (κ3) is 3.23. The second-order valence-electron chi connectivity index (χ2n) is 5.40. The number of aryl methyl sites for hydroxylation is 1. The minimum absolute atomic E-state index is 0.697. The first-order valence-electron chi connectivity index (χ1n) is 7.53. The minimum Gasteiger partial charge on any atom is -0.490 e. The van der Waals surface area contributed by atoms with Crippen LogP contribution in [0.3, 0.4) is 0 Å². The number of thiazole rings is 2. The zero-order valence-corrected chi connectivity index (χ0v) is 14.4. The van der Waals surface area contributed by atoms with Crippen LogP contribution < -0.4 is 9.47 Å². The summed E-state index contributed by atoms with van der Waals surface area (Å²) in [5.74, 6) is 1.63. The van der Waals surface area contributed by atoms with Gasteiger partial charge in [0.2, 0.25) is 0 Å². The van der Waals surface area contributed by atoms with Crippen molar-refractivity contribution in [3.8, 4) is 22.8 Å². The Bertz CT molecular complexity index is 826. The fraction of sp³-hybridized carbons (Fsp3) is 0.294. The molecule has 4 rings (SSSR count). The Morgan fingerprint density at radius 1 is 1.00 bits per heavy atom. The first-order valence-corrected chi connectivity index (χ1v) is 9.29. The second-order valence-corrected chi connectivity index (χ2v) is 7.28. The number of benzene rings is 1. The standard InChI is InChI=1S/C17H16N2O2S2/c1-11-9-22-16(18-11)8-17-19-13(10-23-17)12-3-4-14-15(7-12)21-6-2-5-20-14/h3-4,7,9-10H,2,5-6,8H2,1H3. The van der Waals surface area contributed by atoms with Crippen LogP contribution in [0.4, 0.5) is 0 Å². The van der Waals surface area contributed by atoms with Gasteiger partial charge in [0.15, 0.2) is 11.5 Å². The summed E-state index contributed by atoms with van der Waals surface area (Å²) in [7, 11) is 0. The van der Waals surface area contributed by atoms with Gasteiger partial charge in [-0.05, 0) is 25.1 Å². The molecule has 0 saturated heterocycles. The molecular weight excluding hydrogens is 328 g/mol. The maximum absolute atomic E-state index is 5.76. The molecule has 0 radical (unpaired) electrons. The lowest BCUT2D eigenvalue weighted by Crippen LogP contribution is -1.97. The lowest BCUT2D eigenvalue weighted by atomic mass is 10.1. The van der Waals surface area contributed by atoms with Gasteiger partial charge in [-0.25, -0.2) is 9.97 Å². The largest absolute Gasteiger partial charge is 0.490 e. The highest BCUT2D eigenvalue weighted by Gasteiger charge is 2.13. The Labute approximate surface area is 142 Å². The highest BCUT2D eigenvalue weighted by molar-refractivity contribution is 7.11. The van der Waals surface area contributed by atoms with Crippen molar-refractivity contribution in [2.45, 2.75) is 19.8 Å². The van der Waals surface area contributed by atoms with Crippen molar-refractivity contribution in [3.05, 3.63) is 44.7 Å². The average Bonchev–Trinajstić information content (AvgIpc) is 3.10. The smallest absolute Gasteiger partial charge is 0.161 e. The molecule has 3 heterocycles. The molecule has 0 atom stereocenters. The molecule has 0 saturated carbocycles. The molecule has 6 heteroatoms. The second kappa shape index (κ2) is 6.29. The predicted octanol–water partition coefficient (Wildman–Crippen LogP) is 4.33. The van der Waals surface area contributed by atoms with Crippen LogP contribution in [0.2, 0.25) is 0 Å². The van der Waals surface area contributed by atoms with Crippen LogP contribution in [-0.2, 0) is 6.42 Å². The predicted molar refractivity (Wildman–Crippen MR) is 92.8 cm³/mol. The van der Waals surface area contributed by atoms with Crippen LogP contribution in [0, 0.1) is 6.92 Å². The fourth-order valence-electron chi connectivity index (χ4n) is 2.46. The Balaban J connectivity index is 1.57. The maximum Gasteiger partial charge on any atom is 0.161 e. The Kier molecular flexibility index (Phi) is 4.01. The summed E-state index contributed by atoms with van der Waals surface area (Å²) in [6.07, 6.45) is 1.71. The van der Waals surface area contributed by atoms with Crippen molar-refractivity contribution >= 4 is 22.7 Å². The van der Waals surface area contributed by atoms with Gasteiger partial charge in [-0.2, -0.15) is 0 Å². The topological polar surface area (TPSA) is 44.2 Å². The normalized spacial score (nSPS) is 13.8. The van der Waals surface area contributed by atoms with E-state index in [1.165, 1.54) is 0 Å². The number of nitrogens with zero attached hydrogens (tertiary/aromatic N) is 2. The number of ether oxygens (including phenoxy) is 2. The van der Waals surface area contributed by atoms with Crippen molar-refractivity contribution in [2.75, 3.05) is 13.2 Å². The van der Waals surface area contributed by atoms with Gasteiger partial charge >= 0.3 is 0 Å². The number of hydrogen-bond acceptors (Lipinski definition) is 6. The van der Waals surface area contributed by atoms with E-state index in [-0.39, 0.29) is 0 Å². The molecule has 0 amide bonds. The SMILES string of the molecule is Cc1csc(Cc2nc(-c3ccc4c(c3)OCCCO4)cs2)n1. The summed E-state index contributed by atoms with van der Waals surface area (Å²) in [5.41, 5.74) is 3.12. The summed E-state index contributed by atoms with van der Waals surface area (Å²) in [6, 6.07) is 6.03. The maximum atomic E-state index is 5.76. The van der Waals surface area contributed by atoms with E-state index < -0.39 is 0 Å². The molecule has 1 aliphatic heterocycles. The van der Waals surface area contributed by atoms with E-state index in [0.29, 0.717) is 13.2 Å². The molecule has 1 aliphatic rings. The van der Waals surface area contributed by atoms with Gasteiger partial charge in [-0.3, -0.25) is 0 Å². The molecule has 2 aromatic heterocycles. The fourth-order valence-corrected chi connectivity index (χ4v) is 4.14. The van der Waals surface area contributed by atoms with E-state index in [1.807, 2.05) is 25.1 Å². The van der Waals surface area contributed by atoms with E-state index in [1.54, 1.807) is 22.7 Å². The molecule has 118 valence electrons. The van der Waals surface area contributed by atoms with Crippen LogP contribution in [0.5, 0.6) is 11.5 Å². The molecule has 0 aliphatic carbocycles. The van der Waals surface area contributed by atoms with Crippen LogP contribution in [0.1, 0.15) is 22.1 Å². The molecule has 3 aromatic rings. The third-order valence-corrected chi connectivity index (χ3v) is 5.38. The van der Waals surface area contributed by atoms with Crippen molar-refractivity contribution in [2.24, 2.45) is 0 Å². The van der Waals surface area contributed by atoms with Gasteiger partial charge in [0.1, 0.15) is 5.01 Å². The van der Waals surface area contributed by atoms with Gasteiger partial charge < -0.3 is 9.47 Å². The van der Waals surface area contributed by atoms with Gasteiger partial charge in [0.05, 0.1) is 30.3 Å². The Morgan fingerprint density at radius 2 is 1.78 bits per heavy atom. The summed E-state index contributed by atoms with van der Waals surface area (Å²) in [6.45, 7) is 3.42.